The Kier molecular flexibility index (Phi) is 2.62. The molecule has 0 aromatic rings. The second kappa shape index (κ2) is 3.95. The van der Waals surface area contributed by atoms with Gasteiger partial charge in [-0.05, 0) is 31.6 Å². The second-order valence-electron chi connectivity index (χ2n) is 6.11. The fourth-order valence-corrected chi connectivity index (χ4v) is 3.64. The van der Waals surface area contributed by atoms with Crippen molar-refractivity contribution in [1.82, 2.24) is 4.90 Å². The van der Waals surface area contributed by atoms with Gasteiger partial charge in [-0.25, -0.2) is 4.79 Å². The molecule has 2 atom stereocenters. The van der Waals surface area contributed by atoms with Gasteiger partial charge in [0.05, 0.1) is 13.1 Å². The van der Waals surface area contributed by atoms with E-state index in [1.54, 1.807) is 0 Å². The Bertz CT molecular complexity index is 378. The van der Waals surface area contributed by atoms with Crippen LogP contribution in [0, 0.1) is 17.8 Å². The van der Waals surface area contributed by atoms with Gasteiger partial charge in [-0.3, -0.25) is 4.79 Å². The van der Waals surface area contributed by atoms with Crippen LogP contribution < -0.4 is 0 Å². The Hall–Kier alpha value is -1.10. The highest BCUT2D eigenvalue weighted by Crippen LogP contribution is 2.58. The molecule has 0 bridgehead atoms. The van der Waals surface area contributed by atoms with Crippen molar-refractivity contribution in [3.05, 3.63) is 0 Å². The van der Waals surface area contributed by atoms with Crippen LogP contribution in [0.25, 0.3) is 0 Å². The number of hydrogen-bond acceptors (Lipinski definition) is 3. The summed E-state index contributed by atoms with van der Waals surface area (Å²) in [5.74, 6) is 0.857. The summed E-state index contributed by atoms with van der Waals surface area (Å²) in [6.07, 6.45) is 3.70. The summed E-state index contributed by atoms with van der Waals surface area (Å²) < 4.78 is 5.31. The molecule has 3 rings (SSSR count). The number of carboxylic acid groups (broad SMARTS) is 1. The van der Waals surface area contributed by atoms with E-state index in [9.17, 15) is 9.59 Å². The summed E-state index contributed by atoms with van der Waals surface area (Å²) in [5, 5.41) is 8.57. The van der Waals surface area contributed by atoms with E-state index in [1.807, 2.05) is 11.8 Å². The highest BCUT2D eigenvalue weighted by Gasteiger charge is 2.59. The number of fused-ring (bicyclic) bond motifs is 1. The number of likely N-dealkylation sites (tertiary alicyclic amines) is 1. The number of carbonyl (C=O) groups is 2. The molecular formula is C13H19NO4. The average Bonchev–Trinajstić information content (AvgIpc) is 2.75. The van der Waals surface area contributed by atoms with Crippen molar-refractivity contribution in [3.63, 3.8) is 0 Å². The Morgan fingerprint density at radius 2 is 1.94 bits per heavy atom. The van der Waals surface area contributed by atoms with Gasteiger partial charge in [0.25, 0.3) is 0 Å². The van der Waals surface area contributed by atoms with E-state index in [2.05, 4.69) is 0 Å². The van der Waals surface area contributed by atoms with E-state index in [1.165, 1.54) is 19.3 Å². The Labute approximate surface area is 106 Å². The van der Waals surface area contributed by atoms with Crippen molar-refractivity contribution in [2.45, 2.75) is 31.8 Å². The molecule has 1 heterocycles. The lowest BCUT2D eigenvalue weighted by Gasteiger charge is -2.47. The quantitative estimate of drug-likeness (QED) is 0.802. The lowest BCUT2D eigenvalue weighted by molar-refractivity contribution is -0.174. The van der Waals surface area contributed by atoms with Crippen LogP contribution >= 0.6 is 0 Å². The first-order chi connectivity index (χ1) is 8.50. The molecule has 5 nitrogen and oxygen atoms in total. The molecule has 1 N–H and O–H groups in total. The predicted molar refractivity (Wildman–Crippen MR) is 62.9 cm³/mol. The van der Waals surface area contributed by atoms with Crippen molar-refractivity contribution < 1.29 is 19.4 Å². The van der Waals surface area contributed by atoms with Gasteiger partial charge in [0.2, 0.25) is 5.91 Å². The summed E-state index contributed by atoms with van der Waals surface area (Å²) in [7, 11) is 0. The third-order valence-corrected chi connectivity index (χ3v) is 4.60. The molecule has 2 unspecified atom stereocenters. The minimum atomic E-state index is -0.960. The number of carbonyl (C=O) groups excluding carboxylic acids is 1. The standard InChI is InChI=1S/C13H19NO4/c1-13(18-5-10(15)16)6-14(7-13)12(17)11-8-3-2-4-9(8)11/h8-9,11H,2-7H2,1H3,(H,15,16). The van der Waals surface area contributed by atoms with Crippen LogP contribution in [0.2, 0.25) is 0 Å². The molecular weight excluding hydrogens is 234 g/mol. The Balaban J connectivity index is 1.47. The zero-order chi connectivity index (χ0) is 12.9. The molecule has 3 aliphatic rings. The molecule has 1 amide bonds. The molecule has 0 aromatic carbocycles. The molecule has 1 saturated heterocycles. The van der Waals surface area contributed by atoms with Gasteiger partial charge >= 0.3 is 5.97 Å². The normalized spacial score (nSPS) is 35.8. The molecule has 0 radical (unpaired) electrons. The molecule has 2 saturated carbocycles. The Morgan fingerprint density at radius 1 is 1.33 bits per heavy atom. The number of aliphatic carboxylic acids is 1. The van der Waals surface area contributed by atoms with Crippen LogP contribution in [0.1, 0.15) is 26.2 Å². The van der Waals surface area contributed by atoms with E-state index in [0.717, 1.165) is 0 Å². The smallest absolute Gasteiger partial charge is 0.329 e. The number of rotatable bonds is 4. The Morgan fingerprint density at radius 3 is 2.50 bits per heavy atom. The molecule has 2 aliphatic carbocycles. The zero-order valence-corrected chi connectivity index (χ0v) is 10.6. The van der Waals surface area contributed by atoms with Crippen molar-refractivity contribution >= 4 is 11.9 Å². The van der Waals surface area contributed by atoms with E-state index < -0.39 is 11.6 Å². The molecule has 5 heteroatoms. The molecule has 18 heavy (non-hydrogen) atoms. The van der Waals surface area contributed by atoms with Crippen molar-refractivity contribution in [2.75, 3.05) is 19.7 Å². The monoisotopic (exact) mass is 253 g/mol. The van der Waals surface area contributed by atoms with E-state index in [-0.39, 0.29) is 18.4 Å². The van der Waals surface area contributed by atoms with Gasteiger partial charge < -0.3 is 14.7 Å². The summed E-state index contributed by atoms with van der Waals surface area (Å²) in [6, 6.07) is 0. The minimum absolute atomic E-state index is 0.265. The molecule has 1 aliphatic heterocycles. The average molecular weight is 253 g/mol. The highest BCUT2D eigenvalue weighted by atomic mass is 16.5. The van der Waals surface area contributed by atoms with Crippen LogP contribution in [0.5, 0.6) is 0 Å². The second-order valence-corrected chi connectivity index (χ2v) is 6.11. The lowest BCUT2D eigenvalue weighted by atomic mass is 9.95. The van der Waals surface area contributed by atoms with Crippen LogP contribution in [-0.2, 0) is 14.3 Å². The van der Waals surface area contributed by atoms with Crippen LogP contribution in [0.15, 0.2) is 0 Å². The van der Waals surface area contributed by atoms with E-state index >= 15 is 0 Å². The third-order valence-electron chi connectivity index (χ3n) is 4.60. The van der Waals surface area contributed by atoms with Crippen molar-refractivity contribution in [1.29, 1.82) is 0 Å². The first-order valence-electron chi connectivity index (χ1n) is 6.65. The van der Waals surface area contributed by atoms with Crippen molar-refractivity contribution in [2.24, 2.45) is 17.8 Å². The number of ether oxygens (including phenoxy) is 1. The largest absolute Gasteiger partial charge is 0.480 e. The van der Waals surface area contributed by atoms with Gasteiger partial charge in [0.15, 0.2) is 0 Å². The summed E-state index contributed by atoms with van der Waals surface area (Å²) >= 11 is 0. The van der Waals surface area contributed by atoms with E-state index in [4.69, 9.17) is 9.84 Å². The molecule has 3 fully saturated rings. The first-order valence-corrected chi connectivity index (χ1v) is 6.65. The number of amides is 1. The number of carboxylic acids is 1. The van der Waals surface area contributed by atoms with Gasteiger partial charge in [-0.2, -0.15) is 0 Å². The summed E-state index contributed by atoms with van der Waals surface area (Å²) in [6.45, 7) is 2.66. The predicted octanol–water partition coefficient (Wildman–Crippen LogP) is 0.735. The van der Waals surface area contributed by atoms with E-state index in [0.29, 0.717) is 24.9 Å². The fourth-order valence-electron chi connectivity index (χ4n) is 3.64. The summed E-state index contributed by atoms with van der Waals surface area (Å²) in [5.41, 5.74) is -0.460. The topological polar surface area (TPSA) is 66.8 Å². The number of hydrogen-bond donors (Lipinski definition) is 1. The van der Waals surface area contributed by atoms with Gasteiger partial charge in [0.1, 0.15) is 12.2 Å². The van der Waals surface area contributed by atoms with Gasteiger partial charge in [0, 0.05) is 5.92 Å². The van der Waals surface area contributed by atoms with Crippen molar-refractivity contribution in [3.8, 4) is 0 Å². The number of nitrogens with zero attached hydrogens (tertiary/aromatic N) is 1. The maximum Gasteiger partial charge on any atom is 0.329 e. The van der Waals surface area contributed by atoms with Crippen LogP contribution in [-0.4, -0.2) is 47.2 Å². The molecule has 100 valence electrons. The maximum atomic E-state index is 12.2. The van der Waals surface area contributed by atoms with Crippen LogP contribution in [0.4, 0.5) is 0 Å². The molecule has 0 aromatic heterocycles. The van der Waals surface area contributed by atoms with Gasteiger partial charge in [-0.15, -0.1) is 0 Å². The summed E-state index contributed by atoms with van der Waals surface area (Å²) in [4.78, 5) is 24.5. The minimum Gasteiger partial charge on any atom is -0.480 e. The first kappa shape index (κ1) is 12.0. The highest BCUT2D eigenvalue weighted by molar-refractivity contribution is 5.83. The van der Waals surface area contributed by atoms with Crippen LogP contribution in [0.3, 0.4) is 0 Å². The maximum absolute atomic E-state index is 12.2. The SMILES string of the molecule is CC1(OCC(=O)O)CN(C(=O)C2C3CCCC32)C1. The lowest BCUT2D eigenvalue weighted by Crippen LogP contribution is -2.64. The molecule has 0 spiro atoms. The fraction of sp³-hybridized carbons (Fsp3) is 0.846. The van der Waals surface area contributed by atoms with Gasteiger partial charge in [-0.1, -0.05) is 6.42 Å². The zero-order valence-electron chi connectivity index (χ0n) is 10.6. The third kappa shape index (κ3) is 1.90.